The maximum atomic E-state index is 9.87. The van der Waals surface area contributed by atoms with Crippen molar-refractivity contribution in [2.75, 3.05) is 13.1 Å². The van der Waals surface area contributed by atoms with Gasteiger partial charge in [0.15, 0.2) is 0 Å². The van der Waals surface area contributed by atoms with Crippen LogP contribution in [0.4, 0.5) is 0 Å². The van der Waals surface area contributed by atoms with E-state index in [1.165, 1.54) is 0 Å². The predicted octanol–water partition coefficient (Wildman–Crippen LogP) is 0.334. The summed E-state index contributed by atoms with van der Waals surface area (Å²) in [5.41, 5.74) is -0.467. The molecule has 0 aromatic rings. The van der Waals surface area contributed by atoms with E-state index < -0.39 is 5.60 Å². The predicted molar refractivity (Wildman–Crippen MR) is 49.9 cm³/mol. The minimum Gasteiger partial charge on any atom is -0.437 e. The van der Waals surface area contributed by atoms with Gasteiger partial charge in [0.1, 0.15) is 0 Å². The van der Waals surface area contributed by atoms with E-state index in [0.717, 1.165) is 32.4 Å². The zero-order chi connectivity index (χ0) is 9.19. The Labute approximate surface area is 74.5 Å². The highest BCUT2D eigenvalue weighted by atomic mass is 16.3. The van der Waals surface area contributed by atoms with Gasteiger partial charge in [0, 0.05) is 0 Å². The molecule has 0 aromatic carbocycles. The fraction of sp³-hybridized carbons (Fsp3) is 1.00. The van der Waals surface area contributed by atoms with Gasteiger partial charge in [0.05, 0.1) is 5.60 Å². The molecule has 1 aliphatic rings. The Kier molecular flexibility index (Phi) is 3.15. The van der Waals surface area contributed by atoms with Crippen LogP contribution in [0.1, 0.15) is 26.2 Å². The van der Waals surface area contributed by atoms with Gasteiger partial charge in [-0.05, 0) is 39.2 Å². The molecule has 4 heteroatoms. The van der Waals surface area contributed by atoms with Crippen molar-refractivity contribution in [1.29, 1.82) is 0 Å². The second kappa shape index (κ2) is 3.77. The molecule has 1 aliphatic heterocycles. The zero-order valence-electron chi connectivity index (χ0n) is 7.95. The first-order chi connectivity index (χ1) is 5.57. The van der Waals surface area contributed by atoms with E-state index in [0.29, 0.717) is 0 Å². The molecule has 0 atom stereocenters. The maximum Gasteiger partial charge on any atom is 0.376 e. The van der Waals surface area contributed by atoms with E-state index >= 15 is 0 Å². The molecule has 3 nitrogen and oxygen atoms in total. The summed E-state index contributed by atoms with van der Waals surface area (Å²) in [6, 6.07) is 0. The minimum atomic E-state index is -0.467. The van der Waals surface area contributed by atoms with E-state index in [9.17, 15) is 10.1 Å². The lowest BCUT2D eigenvalue weighted by atomic mass is 9.79. The second-order valence-electron chi connectivity index (χ2n) is 3.75. The van der Waals surface area contributed by atoms with Crippen molar-refractivity contribution in [1.82, 2.24) is 4.81 Å². The molecule has 0 saturated carbocycles. The van der Waals surface area contributed by atoms with Crippen LogP contribution in [0.3, 0.4) is 0 Å². The van der Waals surface area contributed by atoms with Gasteiger partial charge in [0.2, 0.25) is 0 Å². The summed E-state index contributed by atoms with van der Waals surface area (Å²) in [6.07, 6.45) is 2.39. The van der Waals surface area contributed by atoms with Crippen LogP contribution in [0, 0.1) is 0 Å². The Bertz CT molecular complexity index is 144. The first kappa shape index (κ1) is 10.0. The number of aliphatic hydroxyl groups is 1. The van der Waals surface area contributed by atoms with Crippen molar-refractivity contribution in [3.63, 3.8) is 0 Å². The molecular weight excluding hydrogens is 153 g/mol. The van der Waals surface area contributed by atoms with Gasteiger partial charge < -0.3 is 14.9 Å². The van der Waals surface area contributed by atoms with Crippen LogP contribution in [-0.4, -0.2) is 40.7 Å². The summed E-state index contributed by atoms with van der Waals surface area (Å²) in [5, 5.41) is 19.1. The molecule has 1 saturated heterocycles. The summed E-state index contributed by atoms with van der Waals surface area (Å²) in [4.78, 5) is 1.99. The molecule has 1 rings (SSSR count). The molecule has 0 aromatic heterocycles. The van der Waals surface area contributed by atoms with Gasteiger partial charge in [-0.15, -0.1) is 0 Å². The van der Waals surface area contributed by atoms with Gasteiger partial charge in [-0.3, -0.25) is 0 Å². The van der Waals surface area contributed by atoms with Crippen molar-refractivity contribution < 1.29 is 10.1 Å². The fourth-order valence-electron chi connectivity index (χ4n) is 1.67. The first-order valence-corrected chi connectivity index (χ1v) is 4.72. The molecule has 0 bridgehead atoms. The molecule has 1 heterocycles. The summed E-state index contributed by atoms with van der Waals surface area (Å²) in [5.74, 6) is 0. The molecule has 0 aliphatic carbocycles. The van der Waals surface area contributed by atoms with Crippen molar-refractivity contribution >= 4 is 7.05 Å². The van der Waals surface area contributed by atoms with Crippen LogP contribution < -0.4 is 0 Å². The van der Waals surface area contributed by atoms with Crippen molar-refractivity contribution in [3.8, 4) is 0 Å². The Hall–Kier alpha value is -0.0551. The zero-order valence-corrected chi connectivity index (χ0v) is 7.95. The smallest absolute Gasteiger partial charge is 0.376 e. The summed E-state index contributed by atoms with van der Waals surface area (Å²) >= 11 is 0. The SMILES string of the molecule is CCC1(O)CCN(B(C)O)CC1. The Balaban J connectivity index is 2.39. The average Bonchev–Trinajstić information content (AvgIpc) is 2.05. The maximum absolute atomic E-state index is 9.87. The van der Waals surface area contributed by atoms with Crippen LogP contribution in [0.2, 0.25) is 6.82 Å². The van der Waals surface area contributed by atoms with Gasteiger partial charge in [0.25, 0.3) is 0 Å². The Morgan fingerprint density at radius 2 is 1.92 bits per heavy atom. The van der Waals surface area contributed by atoms with Crippen LogP contribution >= 0.6 is 0 Å². The van der Waals surface area contributed by atoms with E-state index in [1.54, 1.807) is 6.82 Å². The van der Waals surface area contributed by atoms with Crippen molar-refractivity contribution in [2.24, 2.45) is 0 Å². The number of rotatable bonds is 2. The van der Waals surface area contributed by atoms with E-state index in [-0.39, 0.29) is 7.05 Å². The normalized spacial score (nSPS) is 24.0. The molecule has 12 heavy (non-hydrogen) atoms. The van der Waals surface area contributed by atoms with Crippen LogP contribution in [-0.2, 0) is 0 Å². The highest BCUT2D eigenvalue weighted by Gasteiger charge is 2.32. The number of hydrogen-bond acceptors (Lipinski definition) is 3. The third kappa shape index (κ3) is 2.22. The Morgan fingerprint density at radius 3 is 2.25 bits per heavy atom. The number of hydrogen-bond donors (Lipinski definition) is 2. The second-order valence-corrected chi connectivity index (χ2v) is 3.75. The van der Waals surface area contributed by atoms with Crippen LogP contribution in [0.25, 0.3) is 0 Å². The molecule has 2 N–H and O–H groups in total. The van der Waals surface area contributed by atoms with E-state index in [4.69, 9.17) is 0 Å². The van der Waals surface area contributed by atoms with Gasteiger partial charge >= 0.3 is 7.05 Å². The lowest BCUT2D eigenvalue weighted by molar-refractivity contribution is -0.0110. The molecule has 70 valence electrons. The quantitative estimate of drug-likeness (QED) is 0.588. The molecule has 0 radical (unpaired) electrons. The van der Waals surface area contributed by atoms with Crippen molar-refractivity contribution in [2.45, 2.75) is 38.6 Å². The Morgan fingerprint density at radius 1 is 1.42 bits per heavy atom. The highest BCUT2D eigenvalue weighted by Crippen LogP contribution is 2.25. The minimum absolute atomic E-state index is 0.369. The average molecular weight is 171 g/mol. The largest absolute Gasteiger partial charge is 0.437 e. The van der Waals surface area contributed by atoms with Gasteiger partial charge in [-0.2, -0.15) is 0 Å². The van der Waals surface area contributed by atoms with E-state index in [2.05, 4.69) is 0 Å². The third-order valence-electron chi connectivity index (χ3n) is 2.92. The standard InChI is InChI=1S/C8H18BNO2/c1-3-8(11)4-6-10(7-5-8)9(2)12/h11-12H,3-7H2,1-2H3. The highest BCUT2D eigenvalue weighted by molar-refractivity contribution is 6.45. The molecule has 1 fully saturated rings. The summed E-state index contributed by atoms with van der Waals surface area (Å²) in [7, 11) is -0.369. The first-order valence-electron chi connectivity index (χ1n) is 4.72. The fourth-order valence-corrected chi connectivity index (χ4v) is 1.67. The topological polar surface area (TPSA) is 43.7 Å². The molecule has 0 unspecified atom stereocenters. The molecule has 0 spiro atoms. The monoisotopic (exact) mass is 171 g/mol. The summed E-state index contributed by atoms with van der Waals surface area (Å²) < 4.78 is 0. The molecule has 0 amide bonds. The lowest BCUT2D eigenvalue weighted by Crippen LogP contribution is -2.49. The van der Waals surface area contributed by atoms with E-state index in [1.807, 2.05) is 11.7 Å². The molecular formula is C8H18BNO2. The number of piperidine rings is 1. The van der Waals surface area contributed by atoms with Gasteiger partial charge in [-0.25, -0.2) is 0 Å². The van der Waals surface area contributed by atoms with Crippen LogP contribution in [0.5, 0.6) is 0 Å². The lowest BCUT2D eigenvalue weighted by Gasteiger charge is -2.38. The van der Waals surface area contributed by atoms with Gasteiger partial charge in [-0.1, -0.05) is 6.92 Å². The van der Waals surface area contributed by atoms with Crippen LogP contribution in [0.15, 0.2) is 0 Å². The van der Waals surface area contributed by atoms with Crippen molar-refractivity contribution in [3.05, 3.63) is 0 Å². The summed E-state index contributed by atoms with van der Waals surface area (Å²) in [6.45, 7) is 5.40. The number of nitrogens with zero attached hydrogens (tertiary/aromatic N) is 1. The third-order valence-corrected chi connectivity index (χ3v) is 2.92.